The first kappa shape index (κ1) is 18.4. The van der Waals surface area contributed by atoms with Crippen molar-refractivity contribution in [2.75, 3.05) is 31.1 Å². The van der Waals surface area contributed by atoms with Crippen LogP contribution < -0.4 is 4.90 Å². The van der Waals surface area contributed by atoms with Crippen LogP contribution in [0.15, 0.2) is 54.7 Å². The Morgan fingerprint density at radius 3 is 2.23 bits per heavy atom. The molecule has 156 valence electrons. The molecule has 4 heteroatoms. The third-order valence-electron chi connectivity index (χ3n) is 8.44. The van der Waals surface area contributed by atoms with Crippen LogP contribution in [-0.2, 0) is 10.2 Å². The number of pyridine rings is 1. The number of hydrogen-bond donors (Lipinski definition) is 0. The second kappa shape index (κ2) is 6.83. The number of anilines is 1. The molecule has 0 N–H and O–H groups in total. The Morgan fingerprint density at radius 1 is 0.867 bits per heavy atom. The quantitative estimate of drug-likeness (QED) is 0.771. The number of carbonyl (C=O) groups is 1. The summed E-state index contributed by atoms with van der Waals surface area (Å²) in [6.07, 6.45) is 9.08. The molecule has 5 fully saturated rings. The van der Waals surface area contributed by atoms with E-state index in [1.807, 2.05) is 18.3 Å². The van der Waals surface area contributed by atoms with Crippen LogP contribution in [0.5, 0.6) is 0 Å². The van der Waals surface area contributed by atoms with Crippen molar-refractivity contribution in [3.63, 3.8) is 0 Å². The average molecular weight is 402 g/mol. The van der Waals surface area contributed by atoms with Crippen molar-refractivity contribution >= 4 is 11.7 Å². The van der Waals surface area contributed by atoms with Crippen LogP contribution >= 0.6 is 0 Å². The fraction of sp³-hybridized carbons (Fsp3) is 0.538. The summed E-state index contributed by atoms with van der Waals surface area (Å²) in [5, 5.41) is 0. The lowest BCUT2D eigenvalue weighted by Gasteiger charge is -2.62. The SMILES string of the molecule is O=C(N1CCN(c2ccccn2)CC1)C12C[C@H]3C[C@H](C1)CC(c1ccccc1)(C3)C2. The fourth-order valence-corrected chi connectivity index (χ4v) is 7.66. The number of aromatic nitrogens is 1. The Hall–Kier alpha value is -2.36. The molecule has 0 unspecified atom stereocenters. The minimum atomic E-state index is -0.118. The fourth-order valence-electron chi connectivity index (χ4n) is 7.66. The van der Waals surface area contributed by atoms with Crippen LogP contribution in [0.1, 0.15) is 44.1 Å². The summed E-state index contributed by atoms with van der Waals surface area (Å²) in [5.41, 5.74) is 1.60. The van der Waals surface area contributed by atoms with Crippen LogP contribution in [0.3, 0.4) is 0 Å². The second-order valence-corrected chi connectivity index (χ2v) is 10.4. The molecule has 1 amide bonds. The lowest BCUT2D eigenvalue weighted by Crippen LogP contribution is -2.61. The molecule has 5 aliphatic rings. The van der Waals surface area contributed by atoms with Gasteiger partial charge in [0.05, 0.1) is 5.41 Å². The molecule has 7 rings (SSSR count). The normalized spacial score (nSPS) is 34.9. The summed E-state index contributed by atoms with van der Waals surface area (Å²) in [5.74, 6) is 2.94. The molecule has 4 aliphatic carbocycles. The van der Waals surface area contributed by atoms with Gasteiger partial charge in [-0.3, -0.25) is 4.79 Å². The number of piperazine rings is 1. The number of amides is 1. The van der Waals surface area contributed by atoms with Crippen molar-refractivity contribution in [2.24, 2.45) is 17.3 Å². The van der Waals surface area contributed by atoms with Gasteiger partial charge in [0.25, 0.3) is 0 Å². The molecule has 4 nitrogen and oxygen atoms in total. The third-order valence-corrected chi connectivity index (χ3v) is 8.44. The number of hydrogen-bond acceptors (Lipinski definition) is 3. The molecular formula is C26H31N3O. The minimum absolute atomic E-state index is 0.118. The van der Waals surface area contributed by atoms with E-state index in [0.29, 0.717) is 5.91 Å². The highest BCUT2D eigenvalue weighted by atomic mass is 16.2. The van der Waals surface area contributed by atoms with E-state index in [2.05, 4.69) is 51.2 Å². The first-order valence-corrected chi connectivity index (χ1v) is 11.7. The highest BCUT2D eigenvalue weighted by molar-refractivity contribution is 5.84. The minimum Gasteiger partial charge on any atom is -0.353 e. The average Bonchev–Trinajstić information content (AvgIpc) is 2.79. The Bertz CT molecular complexity index is 906. The molecule has 1 aliphatic heterocycles. The molecule has 0 radical (unpaired) electrons. The third kappa shape index (κ3) is 2.87. The maximum Gasteiger partial charge on any atom is 0.228 e. The van der Waals surface area contributed by atoms with Gasteiger partial charge in [-0.05, 0) is 73.5 Å². The van der Waals surface area contributed by atoms with Gasteiger partial charge in [0.15, 0.2) is 0 Å². The van der Waals surface area contributed by atoms with Crippen LogP contribution in [0.4, 0.5) is 5.82 Å². The highest BCUT2D eigenvalue weighted by Crippen LogP contribution is 2.66. The molecule has 4 bridgehead atoms. The predicted octanol–water partition coefficient (Wildman–Crippen LogP) is 4.27. The second-order valence-electron chi connectivity index (χ2n) is 10.4. The molecule has 1 aromatic heterocycles. The van der Waals surface area contributed by atoms with E-state index in [-0.39, 0.29) is 10.8 Å². The summed E-state index contributed by atoms with van der Waals surface area (Å²) in [6.45, 7) is 3.42. The Kier molecular flexibility index (Phi) is 4.19. The molecular weight excluding hydrogens is 370 g/mol. The predicted molar refractivity (Wildman–Crippen MR) is 118 cm³/mol. The van der Waals surface area contributed by atoms with Gasteiger partial charge in [-0.1, -0.05) is 36.4 Å². The van der Waals surface area contributed by atoms with E-state index < -0.39 is 0 Å². The van der Waals surface area contributed by atoms with Gasteiger partial charge in [-0.2, -0.15) is 0 Å². The maximum atomic E-state index is 14.0. The lowest BCUT2D eigenvalue weighted by molar-refractivity contribution is -0.160. The van der Waals surface area contributed by atoms with Crippen molar-refractivity contribution in [1.29, 1.82) is 0 Å². The van der Waals surface area contributed by atoms with E-state index >= 15 is 0 Å². The van der Waals surface area contributed by atoms with Gasteiger partial charge in [-0.25, -0.2) is 4.98 Å². The molecule has 4 saturated carbocycles. The zero-order valence-electron chi connectivity index (χ0n) is 17.7. The largest absolute Gasteiger partial charge is 0.353 e. The van der Waals surface area contributed by atoms with Gasteiger partial charge >= 0.3 is 0 Å². The number of carbonyl (C=O) groups excluding carboxylic acids is 1. The van der Waals surface area contributed by atoms with Crippen molar-refractivity contribution in [2.45, 2.75) is 43.9 Å². The standard InChI is InChI=1S/C26H31N3O/c30-24(29-12-10-28(11-13-29)23-8-4-5-9-27-23)26-17-20-14-21(18-26)16-25(15-20,19-26)22-6-2-1-3-7-22/h1-9,20-21H,10-19H2/t20-,21-,25?,26?/m0/s1. The molecule has 0 spiro atoms. The van der Waals surface area contributed by atoms with Crippen LogP contribution in [0, 0.1) is 17.3 Å². The molecule has 2 aromatic rings. The molecule has 2 atom stereocenters. The first-order valence-electron chi connectivity index (χ1n) is 11.7. The lowest BCUT2D eigenvalue weighted by atomic mass is 9.42. The summed E-state index contributed by atoms with van der Waals surface area (Å²) in [4.78, 5) is 23.0. The van der Waals surface area contributed by atoms with E-state index in [9.17, 15) is 4.79 Å². The van der Waals surface area contributed by atoms with E-state index in [1.165, 1.54) is 24.8 Å². The molecule has 1 aromatic carbocycles. The van der Waals surface area contributed by atoms with Gasteiger partial charge in [0.2, 0.25) is 5.91 Å². The zero-order chi connectivity index (χ0) is 20.2. The summed E-state index contributed by atoms with van der Waals surface area (Å²) in [7, 11) is 0. The molecule has 1 saturated heterocycles. The Morgan fingerprint density at radius 2 is 1.57 bits per heavy atom. The Balaban J connectivity index is 1.23. The van der Waals surface area contributed by atoms with E-state index in [1.54, 1.807) is 0 Å². The topological polar surface area (TPSA) is 36.4 Å². The van der Waals surface area contributed by atoms with Crippen molar-refractivity contribution in [3.8, 4) is 0 Å². The van der Waals surface area contributed by atoms with Crippen molar-refractivity contribution in [1.82, 2.24) is 9.88 Å². The van der Waals surface area contributed by atoms with Crippen LogP contribution in [0.25, 0.3) is 0 Å². The van der Waals surface area contributed by atoms with Crippen LogP contribution in [0.2, 0.25) is 0 Å². The summed E-state index contributed by atoms with van der Waals surface area (Å²) < 4.78 is 0. The number of nitrogens with zero attached hydrogens (tertiary/aromatic N) is 3. The van der Waals surface area contributed by atoms with Gasteiger partial charge in [-0.15, -0.1) is 0 Å². The molecule has 30 heavy (non-hydrogen) atoms. The smallest absolute Gasteiger partial charge is 0.228 e. The number of benzene rings is 1. The monoisotopic (exact) mass is 401 g/mol. The first-order chi connectivity index (χ1) is 14.7. The molecule has 2 heterocycles. The van der Waals surface area contributed by atoms with E-state index in [0.717, 1.165) is 63.1 Å². The van der Waals surface area contributed by atoms with Gasteiger partial charge < -0.3 is 9.80 Å². The zero-order valence-corrected chi connectivity index (χ0v) is 17.7. The van der Waals surface area contributed by atoms with Crippen molar-refractivity contribution in [3.05, 3.63) is 60.3 Å². The van der Waals surface area contributed by atoms with E-state index in [4.69, 9.17) is 0 Å². The summed E-state index contributed by atoms with van der Waals surface area (Å²) in [6, 6.07) is 17.2. The summed E-state index contributed by atoms with van der Waals surface area (Å²) >= 11 is 0. The highest BCUT2D eigenvalue weighted by Gasteiger charge is 2.61. The maximum absolute atomic E-state index is 14.0. The number of rotatable bonds is 3. The van der Waals surface area contributed by atoms with Gasteiger partial charge in [0.1, 0.15) is 5.82 Å². The van der Waals surface area contributed by atoms with Crippen LogP contribution in [-0.4, -0.2) is 42.0 Å². The van der Waals surface area contributed by atoms with Gasteiger partial charge in [0, 0.05) is 32.4 Å². The Labute approximate surface area is 179 Å². The van der Waals surface area contributed by atoms with Crippen molar-refractivity contribution < 1.29 is 4.79 Å².